The first-order valence-electron chi connectivity index (χ1n) is 6.08. The molecule has 3 N–H and O–H groups in total. The van der Waals surface area contributed by atoms with Crippen LogP contribution in [0.1, 0.15) is 40.0 Å². The molecule has 0 aromatic rings. The van der Waals surface area contributed by atoms with Gasteiger partial charge in [-0.3, -0.25) is 0 Å². The van der Waals surface area contributed by atoms with Crippen LogP contribution in [0.5, 0.6) is 0 Å². The number of nitrogens with one attached hydrogen (secondary N) is 2. The smallest absolute Gasteiger partial charge is 0.166 e. The van der Waals surface area contributed by atoms with Crippen LogP contribution in [-0.2, 0) is 0 Å². The Morgan fingerprint density at radius 3 is 2.69 bits per heavy atom. The predicted octanol–water partition coefficient (Wildman–Crippen LogP) is 1.66. The van der Waals surface area contributed by atoms with Crippen LogP contribution in [0.3, 0.4) is 0 Å². The zero-order valence-corrected chi connectivity index (χ0v) is 11.4. The van der Waals surface area contributed by atoms with Crippen LogP contribution in [-0.4, -0.2) is 29.4 Å². The van der Waals surface area contributed by atoms with E-state index in [1.807, 2.05) is 0 Å². The van der Waals surface area contributed by atoms with Crippen molar-refractivity contribution < 1.29 is 5.11 Å². The predicted molar refractivity (Wildman–Crippen MR) is 71.4 cm³/mol. The number of aliphatic hydroxyl groups is 1. The first kappa shape index (κ1) is 13.7. The van der Waals surface area contributed by atoms with Gasteiger partial charge < -0.3 is 15.7 Å². The second kappa shape index (κ2) is 5.82. The van der Waals surface area contributed by atoms with Gasteiger partial charge in [0.2, 0.25) is 0 Å². The SMILES string of the molecule is C[C@H]1C[C@@H](NC(=S)NCCO)CC(C)(C)C1. The van der Waals surface area contributed by atoms with Crippen molar-refractivity contribution in [2.45, 2.75) is 46.1 Å². The van der Waals surface area contributed by atoms with Crippen LogP contribution in [0.2, 0.25) is 0 Å². The molecule has 0 aliphatic heterocycles. The number of thiocarbonyl (C=S) groups is 1. The lowest BCUT2D eigenvalue weighted by Gasteiger charge is -2.39. The van der Waals surface area contributed by atoms with E-state index in [0.29, 0.717) is 23.1 Å². The summed E-state index contributed by atoms with van der Waals surface area (Å²) < 4.78 is 0. The summed E-state index contributed by atoms with van der Waals surface area (Å²) in [6, 6.07) is 0.470. The molecule has 94 valence electrons. The van der Waals surface area contributed by atoms with E-state index in [-0.39, 0.29) is 6.61 Å². The normalized spacial score (nSPS) is 28.5. The Kier molecular flexibility index (Phi) is 4.99. The molecule has 1 rings (SSSR count). The van der Waals surface area contributed by atoms with Crippen molar-refractivity contribution in [2.24, 2.45) is 11.3 Å². The first-order chi connectivity index (χ1) is 7.43. The summed E-state index contributed by atoms with van der Waals surface area (Å²) in [6.07, 6.45) is 3.64. The fourth-order valence-electron chi connectivity index (χ4n) is 2.86. The summed E-state index contributed by atoms with van der Waals surface area (Å²) in [4.78, 5) is 0. The van der Waals surface area contributed by atoms with Gasteiger partial charge in [0, 0.05) is 12.6 Å². The van der Waals surface area contributed by atoms with E-state index in [4.69, 9.17) is 17.3 Å². The molecule has 1 fully saturated rings. The molecule has 3 nitrogen and oxygen atoms in total. The minimum atomic E-state index is 0.119. The fraction of sp³-hybridized carbons (Fsp3) is 0.917. The fourth-order valence-corrected chi connectivity index (χ4v) is 3.13. The molecule has 0 spiro atoms. The van der Waals surface area contributed by atoms with Gasteiger partial charge >= 0.3 is 0 Å². The largest absolute Gasteiger partial charge is 0.395 e. The van der Waals surface area contributed by atoms with Crippen molar-refractivity contribution in [3.63, 3.8) is 0 Å². The topological polar surface area (TPSA) is 44.3 Å². The maximum Gasteiger partial charge on any atom is 0.166 e. The van der Waals surface area contributed by atoms with Gasteiger partial charge in [-0.2, -0.15) is 0 Å². The lowest BCUT2D eigenvalue weighted by atomic mass is 9.71. The third kappa shape index (κ3) is 4.66. The average molecular weight is 244 g/mol. The van der Waals surface area contributed by atoms with Gasteiger partial charge in [-0.25, -0.2) is 0 Å². The molecule has 0 radical (unpaired) electrons. The highest BCUT2D eigenvalue weighted by molar-refractivity contribution is 7.80. The van der Waals surface area contributed by atoms with Crippen LogP contribution in [0.15, 0.2) is 0 Å². The molecule has 16 heavy (non-hydrogen) atoms. The van der Waals surface area contributed by atoms with Crippen molar-refractivity contribution >= 4 is 17.3 Å². The number of aliphatic hydroxyl groups excluding tert-OH is 1. The van der Waals surface area contributed by atoms with E-state index >= 15 is 0 Å². The lowest BCUT2D eigenvalue weighted by Crippen LogP contribution is -2.47. The summed E-state index contributed by atoms with van der Waals surface area (Å²) in [5.41, 5.74) is 0.405. The highest BCUT2D eigenvalue weighted by Crippen LogP contribution is 2.38. The number of hydrogen-bond acceptors (Lipinski definition) is 2. The molecule has 1 aliphatic carbocycles. The monoisotopic (exact) mass is 244 g/mol. The van der Waals surface area contributed by atoms with Crippen LogP contribution in [0.4, 0.5) is 0 Å². The Labute approximate surface area is 104 Å². The van der Waals surface area contributed by atoms with Crippen molar-refractivity contribution in [1.82, 2.24) is 10.6 Å². The van der Waals surface area contributed by atoms with Gasteiger partial charge in [-0.15, -0.1) is 0 Å². The first-order valence-corrected chi connectivity index (χ1v) is 6.49. The van der Waals surface area contributed by atoms with Gasteiger partial charge in [-0.05, 0) is 42.8 Å². The van der Waals surface area contributed by atoms with Crippen molar-refractivity contribution in [1.29, 1.82) is 0 Å². The molecule has 0 aromatic heterocycles. The molecule has 2 atom stereocenters. The maximum atomic E-state index is 8.70. The second-order valence-corrected chi connectivity index (χ2v) is 6.14. The quantitative estimate of drug-likeness (QED) is 0.661. The highest BCUT2D eigenvalue weighted by Gasteiger charge is 2.32. The van der Waals surface area contributed by atoms with Crippen molar-refractivity contribution in [2.75, 3.05) is 13.2 Å². The Morgan fingerprint density at radius 1 is 1.44 bits per heavy atom. The zero-order valence-electron chi connectivity index (χ0n) is 10.5. The third-order valence-corrected chi connectivity index (χ3v) is 3.38. The summed E-state index contributed by atoms with van der Waals surface area (Å²) in [6.45, 7) is 7.59. The maximum absolute atomic E-state index is 8.70. The molecule has 1 saturated carbocycles. The summed E-state index contributed by atoms with van der Waals surface area (Å²) in [5, 5.41) is 15.7. The molecule has 0 bridgehead atoms. The summed E-state index contributed by atoms with van der Waals surface area (Å²) in [5.74, 6) is 0.752. The summed E-state index contributed by atoms with van der Waals surface area (Å²) >= 11 is 5.18. The Bertz CT molecular complexity index is 243. The van der Waals surface area contributed by atoms with Gasteiger partial charge in [0.15, 0.2) is 5.11 Å². The Hall–Kier alpha value is -0.350. The van der Waals surface area contributed by atoms with E-state index in [1.165, 1.54) is 12.8 Å². The average Bonchev–Trinajstić information content (AvgIpc) is 2.11. The molecule has 0 saturated heterocycles. The van der Waals surface area contributed by atoms with E-state index in [2.05, 4.69) is 31.4 Å². The van der Waals surface area contributed by atoms with Crippen LogP contribution >= 0.6 is 12.2 Å². The zero-order chi connectivity index (χ0) is 12.2. The molecule has 4 heteroatoms. The molecule has 0 unspecified atom stereocenters. The van der Waals surface area contributed by atoms with Crippen molar-refractivity contribution in [3.8, 4) is 0 Å². The van der Waals surface area contributed by atoms with Crippen molar-refractivity contribution in [3.05, 3.63) is 0 Å². The lowest BCUT2D eigenvalue weighted by molar-refractivity contribution is 0.161. The number of hydrogen-bond donors (Lipinski definition) is 3. The highest BCUT2D eigenvalue weighted by atomic mass is 32.1. The van der Waals surface area contributed by atoms with E-state index < -0.39 is 0 Å². The van der Waals surface area contributed by atoms with Gasteiger partial charge in [0.25, 0.3) is 0 Å². The number of rotatable bonds is 3. The minimum Gasteiger partial charge on any atom is -0.395 e. The van der Waals surface area contributed by atoms with E-state index in [1.54, 1.807) is 0 Å². The van der Waals surface area contributed by atoms with Gasteiger partial charge in [0.05, 0.1) is 6.61 Å². The summed E-state index contributed by atoms with van der Waals surface area (Å²) in [7, 11) is 0. The molecule has 1 aliphatic rings. The molecular formula is C12H24N2OS. The Morgan fingerprint density at radius 2 is 2.12 bits per heavy atom. The molecule has 0 aromatic carbocycles. The minimum absolute atomic E-state index is 0.119. The van der Waals surface area contributed by atoms with E-state index in [9.17, 15) is 0 Å². The molecule has 0 amide bonds. The van der Waals surface area contributed by atoms with Crippen LogP contribution in [0, 0.1) is 11.3 Å². The van der Waals surface area contributed by atoms with E-state index in [0.717, 1.165) is 12.3 Å². The molecular weight excluding hydrogens is 220 g/mol. The van der Waals surface area contributed by atoms with Crippen LogP contribution in [0.25, 0.3) is 0 Å². The Balaban J connectivity index is 2.39. The molecule has 0 heterocycles. The second-order valence-electron chi connectivity index (χ2n) is 5.73. The van der Waals surface area contributed by atoms with Crippen LogP contribution < -0.4 is 10.6 Å². The van der Waals surface area contributed by atoms with Gasteiger partial charge in [-0.1, -0.05) is 20.8 Å². The standard InChI is InChI=1S/C12H24N2OS/c1-9-6-10(8-12(2,3)7-9)14-11(16)13-4-5-15/h9-10,15H,4-8H2,1-3H3,(H2,13,14,16)/t9-,10+/m0/s1. The third-order valence-electron chi connectivity index (χ3n) is 3.12. The van der Waals surface area contributed by atoms with Gasteiger partial charge in [0.1, 0.15) is 0 Å².